The third kappa shape index (κ3) is 2.72. The lowest BCUT2D eigenvalue weighted by atomic mass is 10.0. The molecular formula is C13H14ClFN2S. The lowest BCUT2D eigenvalue weighted by Gasteiger charge is -2.15. The van der Waals surface area contributed by atoms with Gasteiger partial charge in [-0.3, -0.25) is 11.3 Å². The van der Waals surface area contributed by atoms with Gasteiger partial charge in [0.1, 0.15) is 5.82 Å². The average molecular weight is 285 g/mol. The van der Waals surface area contributed by atoms with Gasteiger partial charge in [0.15, 0.2) is 0 Å². The molecule has 0 saturated carbocycles. The van der Waals surface area contributed by atoms with Gasteiger partial charge < -0.3 is 0 Å². The maximum atomic E-state index is 13.6. The van der Waals surface area contributed by atoms with Crippen LogP contribution in [0.25, 0.3) is 0 Å². The lowest BCUT2D eigenvalue weighted by molar-refractivity contribution is 0.535. The number of aryl methyl sites for hydroxylation is 1. The van der Waals surface area contributed by atoms with Crippen molar-refractivity contribution in [1.29, 1.82) is 0 Å². The highest BCUT2D eigenvalue weighted by atomic mass is 35.5. The van der Waals surface area contributed by atoms with Crippen LogP contribution in [0, 0.1) is 12.7 Å². The molecule has 0 amide bonds. The molecule has 96 valence electrons. The first-order chi connectivity index (χ1) is 8.63. The van der Waals surface area contributed by atoms with Crippen molar-refractivity contribution in [1.82, 2.24) is 5.43 Å². The van der Waals surface area contributed by atoms with Crippen molar-refractivity contribution in [3.63, 3.8) is 0 Å². The number of rotatable bonds is 4. The van der Waals surface area contributed by atoms with E-state index in [4.69, 9.17) is 17.4 Å². The molecule has 1 heterocycles. The summed E-state index contributed by atoms with van der Waals surface area (Å²) in [4.78, 5) is 0.944. The Balaban J connectivity index is 2.25. The first-order valence-corrected chi connectivity index (χ1v) is 6.82. The zero-order chi connectivity index (χ0) is 13.1. The fourth-order valence-corrected chi connectivity index (χ4v) is 3.18. The second-order valence-electron chi connectivity index (χ2n) is 4.11. The SMILES string of the molecule is Cc1csc(C(Cc2ccccc2F)NN)c1Cl. The summed E-state index contributed by atoms with van der Waals surface area (Å²) in [5.41, 5.74) is 4.35. The van der Waals surface area contributed by atoms with E-state index in [0.717, 1.165) is 10.4 Å². The Morgan fingerprint density at radius 3 is 2.72 bits per heavy atom. The Morgan fingerprint density at radius 1 is 1.44 bits per heavy atom. The van der Waals surface area contributed by atoms with Crippen LogP contribution in [0.4, 0.5) is 4.39 Å². The predicted molar refractivity (Wildman–Crippen MR) is 74.2 cm³/mol. The molecule has 1 atom stereocenters. The first-order valence-electron chi connectivity index (χ1n) is 5.56. The minimum Gasteiger partial charge on any atom is -0.271 e. The Kier molecular flexibility index (Phi) is 4.35. The van der Waals surface area contributed by atoms with Gasteiger partial charge in [0.2, 0.25) is 0 Å². The highest BCUT2D eigenvalue weighted by Gasteiger charge is 2.18. The van der Waals surface area contributed by atoms with E-state index in [1.54, 1.807) is 12.1 Å². The van der Waals surface area contributed by atoms with E-state index in [1.165, 1.54) is 17.4 Å². The molecule has 1 aromatic heterocycles. The van der Waals surface area contributed by atoms with Crippen molar-refractivity contribution in [2.45, 2.75) is 19.4 Å². The minimum atomic E-state index is -0.220. The lowest BCUT2D eigenvalue weighted by Crippen LogP contribution is -2.29. The van der Waals surface area contributed by atoms with Crippen molar-refractivity contribution < 1.29 is 4.39 Å². The molecule has 0 aliphatic heterocycles. The zero-order valence-corrected chi connectivity index (χ0v) is 11.5. The highest BCUT2D eigenvalue weighted by Crippen LogP contribution is 2.33. The average Bonchev–Trinajstić information content (AvgIpc) is 2.70. The molecule has 0 radical (unpaired) electrons. The summed E-state index contributed by atoms with van der Waals surface area (Å²) >= 11 is 7.75. The molecule has 2 nitrogen and oxygen atoms in total. The molecule has 5 heteroatoms. The van der Waals surface area contributed by atoms with Crippen molar-refractivity contribution >= 4 is 22.9 Å². The number of hydrogen-bond donors (Lipinski definition) is 2. The second kappa shape index (κ2) is 5.80. The van der Waals surface area contributed by atoms with Gasteiger partial charge in [-0.1, -0.05) is 29.8 Å². The highest BCUT2D eigenvalue weighted by molar-refractivity contribution is 7.10. The Labute approximate surface area is 115 Å². The van der Waals surface area contributed by atoms with Gasteiger partial charge in [-0.25, -0.2) is 4.39 Å². The van der Waals surface area contributed by atoms with Gasteiger partial charge in [-0.2, -0.15) is 0 Å². The number of hydrazine groups is 1. The van der Waals surface area contributed by atoms with E-state index in [0.29, 0.717) is 17.0 Å². The van der Waals surface area contributed by atoms with Gasteiger partial charge in [0, 0.05) is 4.88 Å². The quantitative estimate of drug-likeness (QED) is 0.665. The van der Waals surface area contributed by atoms with Crippen LogP contribution in [0.5, 0.6) is 0 Å². The third-order valence-corrected chi connectivity index (χ3v) is 4.65. The zero-order valence-electron chi connectivity index (χ0n) is 9.91. The van der Waals surface area contributed by atoms with Crippen LogP contribution in [-0.2, 0) is 6.42 Å². The summed E-state index contributed by atoms with van der Waals surface area (Å²) in [7, 11) is 0. The van der Waals surface area contributed by atoms with Crippen molar-refractivity contribution in [2.24, 2.45) is 5.84 Å². The summed E-state index contributed by atoms with van der Waals surface area (Å²) in [6.07, 6.45) is 0.475. The number of halogens is 2. The maximum Gasteiger partial charge on any atom is 0.126 e. The van der Waals surface area contributed by atoms with Crippen LogP contribution < -0.4 is 11.3 Å². The molecule has 3 N–H and O–H groups in total. The Hall–Kier alpha value is -0.940. The van der Waals surface area contributed by atoms with Gasteiger partial charge in [-0.15, -0.1) is 11.3 Å². The van der Waals surface area contributed by atoms with Crippen LogP contribution in [0.2, 0.25) is 5.02 Å². The topological polar surface area (TPSA) is 38.0 Å². The number of benzene rings is 1. The number of nitrogens with two attached hydrogens (primary N) is 1. The molecule has 1 unspecified atom stereocenters. The molecule has 0 spiro atoms. The van der Waals surface area contributed by atoms with Crippen molar-refractivity contribution in [3.05, 3.63) is 56.5 Å². The van der Waals surface area contributed by atoms with E-state index in [-0.39, 0.29) is 11.9 Å². The van der Waals surface area contributed by atoms with E-state index in [2.05, 4.69) is 5.43 Å². The van der Waals surface area contributed by atoms with Crippen molar-refractivity contribution in [3.8, 4) is 0 Å². The fourth-order valence-electron chi connectivity index (χ4n) is 1.80. The van der Waals surface area contributed by atoms with E-state index in [9.17, 15) is 4.39 Å². The molecule has 2 aromatic rings. The van der Waals surface area contributed by atoms with Gasteiger partial charge in [0.05, 0.1) is 11.1 Å². The fraction of sp³-hybridized carbons (Fsp3) is 0.231. The van der Waals surface area contributed by atoms with Gasteiger partial charge >= 0.3 is 0 Å². The maximum absolute atomic E-state index is 13.6. The molecule has 0 aliphatic rings. The van der Waals surface area contributed by atoms with E-state index in [1.807, 2.05) is 18.4 Å². The Bertz CT molecular complexity index is 542. The molecular weight excluding hydrogens is 271 g/mol. The minimum absolute atomic E-state index is 0.173. The molecule has 0 aliphatic carbocycles. The van der Waals surface area contributed by atoms with Crippen LogP contribution in [0.1, 0.15) is 22.0 Å². The van der Waals surface area contributed by atoms with Crippen LogP contribution in [0.15, 0.2) is 29.6 Å². The van der Waals surface area contributed by atoms with Gasteiger partial charge in [-0.05, 0) is 35.9 Å². The monoisotopic (exact) mass is 284 g/mol. The van der Waals surface area contributed by atoms with Gasteiger partial charge in [0.25, 0.3) is 0 Å². The molecule has 18 heavy (non-hydrogen) atoms. The third-order valence-electron chi connectivity index (χ3n) is 2.82. The number of thiophene rings is 1. The summed E-state index contributed by atoms with van der Waals surface area (Å²) in [5.74, 6) is 5.34. The van der Waals surface area contributed by atoms with E-state index >= 15 is 0 Å². The first kappa shape index (κ1) is 13.5. The molecule has 2 rings (SSSR count). The van der Waals surface area contributed by atoms with Crippen molar-refractivity contribution in [2.75, 3.05) is 0 Å². The standard InChI is InChI=1S/C13H14ClFN2S/c1-8-7-18-13(12(8)14)11(17-16)6-9-4-2-3-5-10(9)15/h2-5,7,11,17H,6,16H2,1H3. The summed E-state index contributed by atoms with van der Waals surface area (Å²) in [6.45, 7) is 1.94. The summed E-state index contributed by atoms with van der Waals surface area (Å²) in [6, 6.07) is 6.52. The molecule has 1 aromatic carbocycles. The van der Waals surface area contributed by atoms with Crippen LogP contribution in [-0.4, -0.2) is 0 Å². The van der Waals surface area contributed by atoms with Crippen LogP contribution >= 0.6 is 22.9 Å². The normalized spacial score (nSPS) is 12.7. The smallest absolute Gasteiger partial charge is 0.126 e. The Morgan fingerprint density at radius 2 is 2.17 bits per heavy atom. The molecule has 0 saturated heterocycles. The summed E-state index contributed by atoms with van der Waals surface area (Å²) in [5, 5.41) is 2.68. The predicted octanol–water partition coefficient (Wildman–Crippen LogP) is 3.60. The number of nitrogens with one attached hydrogen (secondary N) is 1. The molecule has 0 fully saturated rings. The summed E-state index contributed by atoms with van der Waals surface area (Å²) < 4.78 is 13.6. The largest absolute Gasteiger partial charge is 0.271 e. The molecule has 0 bridgehead atoms. The van der Waals surface area contributed by atoms with Crippen LogP contribution in [0.3, 0.4) is 0 Å². The number of hydrogen-bond acceptors (Lipinski definition) is 3. The van der Waals surface area contributed by atoms with E-state index < -0.39 is 0 Å². The second-order valence-corrected chi connectivity index (χ2v) is 5.40.